The Morgan fingerprint density at radius 1 is 1.35 bits per heavy atom. The summed E-state index contributed by atoms with van der Waals surface area (Å²) in [7, 11) is -0.843. The summed E-state index contributed by atoms with van der Waals surface area (Å²) < 4.78 is 12.3. The van der Waals surface area contributed by atoms with Crippen LogP contribution in [0.25, 0.3) is 0 Å². The summed E-state index contributed by atoms with van der Waals surface area (Å²) in [4.78, 5) is 1.04. The van der Waals surface area contributed by atoms with E-state index < -0.39 is 10.8 Å². The number of hydrogen-bond donors (Lipinski definition) is 1. The van der Waals surface area contributed by atoms with Crippen LogP contribution in [0, 0.1) is 13.8 Å². The molecule has 0 saturated carbocycles. The van der Waals surface area contributed by atoms with Crippen LogP contribution in [0.2, 0.25) is 0 Å². The molecule has 1 aliphatic rings. The van der Waals surface area contributed by atoms with E-state index in [0.717, 1.165) is 17.9 Å². The minimum atomic E-state index is -0.843. The molecule has 0 bridgehead atoms. The molecular formula is C14H21NOS. The van der Waals surface area contributed by atoms with Crippen LogP contribution in [-0.2, 0) is 10.8 Å². The third-order valence-electron chi connectivity index (χ3n) is 3.60. The van der Waals surface area contributed by atoms with Crippen molar-refractivity contribution in [2.75, 3.05) is 6.54 Å². The van der Waals surface area contributed by atoms with Crippen LogP contribution in [0.15, 0.2) is 17.0 Å². The summed E-state index contributed by atoms with van der Waals surface area (Å²) in [5.74, 6) is 0. The first-order valence-electron chi connectivity index (χ1n) is 6.29. The molecule has 1 aliphatic heterocycles. The van der Waals surface area contributed by atoms with E-state index in [4.69, 9.17) is 0 Å². The zero-order valence-corrected chi connectivity index (χ0v) is 11.9. The van der Waals surface area contributed by atoms with Crippen LogP contribution in [0.5, 0.6) is 0 Å². The van der Waals surface area contributed by atoms with Crippen LogP contribution in [0.3, 0.4) is 0 Å². The highest BCUT2D eigenvalue weighted by Gasteiger charge is 2.29. The van der Waals surface area contributed by atoms with Crippen LogP contribution in [0.4, 0.5) is 0 Å². The fourth-order valence-electron chi connectivity index (χ4n) is 2.46. The van der Waals surface area contributed by atoms with E-state index in [-0.39, 0.29) is 5.25 Å². The Bertz CT molecular complexity index is 456. The molecular weight excluding hydrogens is 230 g/mol. The van der Waals surface area contributed by atoms with Gasteiger partial charge < -0.3 is 5.32 Å². The van der Waals surface area contributed by atoms with Gasteiger partial charge in [0.1, 0.15) is 0 Å². The summed E-state index contributed by atoms with van der Waals surface area (Å²) in [5.41, 5.74) is 3.77. The molecule has 17 heavy (non-hydrogen) atoms. The molecule has 0 aromatic heterocycles. The molecule has 0 amide bonds. The summed E-state index contributed by atoms with van der Waals surface area (Å²) in [6, 6.07) is 4.68. The van der Waals surface area contributed by atoms with Crippen molar-refractivity contribution in [2.24, 2.45) is 0 Å². The molecule has 0 fully saturated rings. The van der Waals surface area contributed by atoms with E-state index >= 15 is 0 Å². The van der Waals surface area contributed by atoms with Gasteiger partial charge in [-0.25, -0.2) is 0 Å². The van der Waals surface area contributed by atoms with Crippen molar-refractivity contribution in [2.45, 2.75) is 50.3 Å². The number of nitrogens with one attached hydrogen (secondary N) is 1. The van der Waals surface area contributed by atoms with Crippen molar-refractivity contribution < 1.29 is 4.21 Å². The highest BCUT2D eigenvalue weighted by molar-refractivity contribution is 7.85. The first-order chi connectivity index (χ1) is 8.04. The fraction of sp³-hybridized carbons (Fsp3) is 0.571. The summed E-state index contributed by atoms with van der Waals surface area (Å²) in [6.45, 7) is 9.37. The predicted molar refractivity (Wildman–Crippen MR) is 72.8 cm³/mol. The molecule has 1 heterocycles. The molecule has 1 N–H and O–H groups in total. The average molecular weight is 251 g/mol. The third kappa shape index (κ3) is 2.31. The summed E-state index contributed by atoms with van der Waals surface area (Å²) in [6.07, 6.45) is 0.968. The molecule has 2 rings (SSSR count). The van der Waals surface area contributed by atoms with Crippen molar-refractivity contribution >= 4 is 10.8 Å². The number of rotatable bonds is 2. The maximum Gasteiger partial charge on any atom is 0.0562 e. The Labute approximate surface area is 106 Å². The zero-order valence-electron chi connectivity index (χ0n) is 11.0. The van der Waals surface area contributed by atoms with Gasteiger partial charge in [0, 0.05) is 16.2 Å². The minimum absolute atomic E-state index is 0.244. The van der Waals surface area contributed by atoms with Gasteiger partial charge in [-0.1, -0.05) is 19.9 Å². The van der Waals surface area contributed by atoms with Crippen molar-refractivity contribution in [1.29, 1.82) is 0 Å². The number of fused-ring (bicyclic) bond motifs is 1. The van der Waals surface area contributed by atoms with Crippen LogP contribution in [-0.4, -0.2) is 16.0 Å². The van der Waals surface area contributed by atoms with E-state index in [1.54, 1.807) is 0 Å². The Kier molecular flexibility index (Phi) is 3.69. The number of aryl methyl sites for hydroxylation is 2. The van der Waals surface area contributed by atoms with E-state index in [0.29, 0.717) is 6.04 Å². The summed E-state index contributed by atoms with van der Waals surface area (Å²) in [5, 5.41) is 3.75. The smallest absolute Gasteiger partial charge is 0.0562 e. The van der Waals surface area contributed by atoms with Crippen molar-refractivity contribution in [1.82, 2.24) is 5.32 Å². The van der Waals surface area contributed by atoms with E-state index in [9.17, 15) is 4.21 Å². The van der Waals surface area contributed by atoms with Gasteiger partial charge in [-0.2, -0.15) is 0 Å². The SMILES string of the molecule is CCNC1CC(C)S(=O)c2cc(C)c(C)cc21. The van der Waals surface area contributed by atoms with Gasteiger partial charge in [0.25, 0.3) is 0 Å². The Morgan fingerprint density at radius 2 is 2.00 bits per heavy atom. The van der Waals surface area contributed by atoms with Gasteiger partial charge in [0.15, 0.2) is 0 Å². The molecule has 94 valence electrons. The normalized spacial score (nSPS) is 27.9. The van der Waals surface area contributed by atoms with Gasteiger partial charge in [-0.3, -0.25) is 4.21 Å². The van der Waals surface area contributed by atoms with Crippen LogP contribution >= 0.6 is 0 Å². The van der Waals surface area contributed by atoms with Gasteiger partial charge in [-0.15, -0.1) is 0 Å². The monoisotopic (exact) mass is 251 g/mol. The lowest BCUT2D eigenvalue weighted by molar-refractivity contribution is 0.490. The molecule has 1 aromatic rings. The molecule has 0 radical (unpaired) electrons. The Morgan fingerprint density at radius 3 is 2.65 bits per heavy atom. The van der Waals surface area contributed by atoms with E-state index in [2.05, 4.69) is 45.1 Å². The van der Waals surface area contributed by atoms with Crippen molar-refractivity contribution in [3.8, 4) is 0 Å². The van der Waals surface area contributed by atoms with E-state index in [1.807, 2.05) is 0 Å². The van der Waals surface area contributed by atoms with Crippen molar-refractivity contribution in [3.05, 3.63) is 28.8 Å². The fourth-order valence-corrected chi connectivity index (χ4v) is 3.99. The van der Waals surface area contributed by atoms with E-state index in [1.165, 1.54) is 16.7 Å². The zero-order chi connectivity index (χ0) is 12.6. The molecule has 3 heteroatoms. The molecule has 3 atom stereocenters. The maximum atomic E-state index is 12.3. The van der Waals surface area contributed by atoms with Crippen molar-refractivity contribution in [3.63, 3.8) is 0 Å². The van der Waals surface area contributed by atoms with Crippen LogP contribution in [0.1, 0.15) is 43.0 Å². The number of benzene rings is 1. The second-order valence-corrected chi connectivity index (χ2v) is 6.77. The van der Waals surface area contributed by atoms with Gasteiger partial charge >= 0.3 is 0 Å². The molecule has 0 spiro atoms. The van der Waals surface area contributed by atoms with Gasteiger partial charge in [-0.05, 0) is 49.6 Å². The van der Waals surface area contributed by atoms with Gasteiger partial charge in [0.2, 0.25) is 0 Å². The molecule has 3 unspecified atom stereocenters. The topological polar surface area (TPSA) is 29.1 Å². The molecule has 0 aliphatic carbocycles. The third-order valence-corrected chi connectivity index (χ3v) is 5.31. The predicted octanol–water partition coefficient (Wildman–Crippen LogP) is 2.85. The second kappa shape index (κ2) is 4.91. The van der Waals surface area contributed by atoms with Crippen LogP contribution < -0.4 is 5.32 Å². The quantitative estimate of drug-likeness (QED) is 0.875. The highest BCUT2D eigenvalue weighted by atomic mass is 32.2. The largest absolute Gasteiger partial charge is 0.310 e. The first-order valence-corrected chi connectivity index (χ1v) is 7.51. The second-order valence-electron chi connectivity index (χ2n) is 4.93. The first kappa shape index (κ1) is 12.8. The lowest BCUT2D eigenvalue weighted by atomic mass is 9.97. The molecule has 2 nitrogen and oxygen atoms in total. The Hall–Kier alpha value is -0.670. The minimum Gasteiger partial charge on any atom is -0.310 e. The highest BCUT2D eigenvalue weighted by Crippen LogP contribution is 2.35. The lowest BCUT2D eigenvalue weighted by Crippen LogP contribution is -2.31. The Balaban J connectivity index is 2.52. The lowest BCUT2D eigenvalue weighted by Gasteiger charge is -2.30. The number of hydrogen-bond acceptors (Lipinski definition) is 2. The average Bonchev–Trinajstić information content (AvgIpc) is 2.29. The van der Waals surface area contributed by atoms with Gasteiger partial charge in [0.05, 0.1) is 10.8 Å². The molecule has 0 saturated heterocycles. The standard InChI is InChI=1S/C14H21NOS/c1-5-15-13-8-11(4)17(16)14-7-10(3)9(2)6-12(13)14/h6-7,11,13,15H,5,8H2,1-4H3. The maximum absolute atomic E-state index is 12.3. The summed E-state index contributed by atoms with van der Waals surface area (Å²) >= 11 is 0. The molecule has 1 aromatic carbocycles.